The van der Waals surface area contributed by atoms with E-state index in [1.54, 1.807) is 0 Å². The minimum atomic E-state index is 0. The molecule has 0 saturated carbocycles. The normalized spacial score (nSPS) is 12.3. The van der Waals surface area contributed by atoms with Crippen molar-refractivity contribution in [2.75, 3.05) is 25.9 Å². The second-order valence-electron chi connectivity index (χ2n) is 5.27. The van der Waals surface area contributed by atoms with E-state index in [0.29, 0.717) is 0 Å². The van der Waals surface area contributed by atoms with Crippen molar-refractivity contribution in [1.29, 1.82) is 0 Å². The Bertz CT molecular complexity index is 230. The molecule has 0 atom stereocenters. The molecule has 0 bridgehead atoms. The van der Waals surface area contributed by atoms with Crippen LogP contribution in [0.4, 0.5) is 0 Å². The van der Waals surface area contributed by atoms with Crippen LogP contribution in [0.5, 0.6) is 0 Å². The maximum Gasteiger partial charge on any atom is 0.191 e. The van der Waals surface area contributed by atoms with Gasteiger partial charge in [0.05, 0.1) is 6.54 Å². The number of nitrogens with one attached hydrogen (secondary N) is 2. The fourth-order valence-electron chi connectivity index (χ4n) is 1.15. The molecule has 0 unspecified atom stereocenters. The maximum atomic E-state index is 4.63. The van der Waals surface area contributed by atoms with Gasteiger partial charge in [0.2, 0.25) is 0 Å². The van der Waals surface area contributed by atoms with Crippen molar-refractivity contribution >= 4 is 41.7 Å². The number of aliphatic imine (C=N–C) groups is 1. The zero-order chi connectivity index (χ0) is 13.3. The highest BCUT2D eigenvalue weighted by Gasteiger charge is 2.15. The van der Waals surface area contributed by atoms with E-state index >= 15 is 0 Å². The fraction of sp³-hybridized carbons (Fsp3) is 0.923. The number of hydrogen-bond acceptors (Lipinski definition) is 2. The van der Waals surface area contributed by atoms with Gasteiger partial charge >= 0.3 is 0 Å². The van der Waals surface area contributed by atoms with E-state index in [-0.39, 0.29) is 28.7 Å². The molecule has 0 aromatic heterocycles. The Morgan fingerprint density at radius 3 is 2.33 bits per heavy atom. The Kier molecular flexibility index (Phi) is 12.9. The molecule has 0 heterocycles. The first kappa shape index (κ1) is 20.7. The Balaban J connectivity index is 0. The maximum absolute atomic E-state index is 4.63. The lowest BCUT2D eigenvalue weighted by Crippen LogP contribution is -2.39. The van der Waals surface area contributed by atoms with Crippen molar-refractivity contribution in [3.8, 4) is 0 Å². The Morgan fingerprint density at radius 2 is 1.89 bits per heavy atom. The first-order chi connectivity index (χ1) is 7.91. The lowest BCUT2D eigenvalue weighted by molar-refractivity contribution is 0.573. The quantitative estimate of drug-likeness (QED) is 0.400. The van der Waals surface area contributed by atoms with Crippen LogP contribution in [0.1, 0.15) is 41.0 Å². The van der Waals surface area contributed by atoms with Crippen molar-refractivity contribution < 1.29 is 0 Å². The summed E-state index contributed by atoms with van der Waals surface area (Å²) < 4.78 is 0.209. The number of hydrogen-bond donors (Lipinski definition) is 2. The Hall–Kier alpha value is 0.350. The molecule has 0 aromatic carbocycles. The van der Waals surface area contributed by atoms with Crippen LogP contribution in [-0.4, -0.2) is 36.6 Å². The third-order valence-corrected chi connectivity index (χ3v) is 3.76. The molecule has 0 aromatic rings. The summed E-state index contributed by atoms with van der Waals surface area (Å²) in [6.07, 6.45) is 3.31. The summed E-state index contributed by atoms with van der Waals surface area (Å²) in [5.41, 5.74) is 0. The van der Waals surface area contributed by atoms with Gasteiger partial charge in [-0.15, -0.1) is 24.0 Å². The molecule has 0 aliphatic carbocycles. The van der Waals surface area contributed by atoms with Crippen LogP contribution < -0.4 is 10.6 Å². The highest BCUT2D eigenvalue weighted by Crippen LogP contribution is 2.20. The van der Waals surface area contributed by atoms with Gasteiger partial charge in [0.1, 0.15) is 0 Å². The van der Waals surface area contributed by atoms with Gasteiger partial charge in [0.25, 0.3) is 0 Å². The number of guanidine groups is 1. The summed E-state index contributed by atoms with van der Waals surface area (Å²) >= 11 is 1.85. The predicted octanol–water partition coefficient (Wildman–Crippen LogP) is 3.35. The third kappa shape index (κ3) is 11.4. The van der Waals surface area contributed by atoms with Crippen LogP contribution in [-0.2, 0) is 0 Å². The van der Waals surface area contributed by atoms with E-state index in [9.17, 15) is 0 Å². The molecule has 18 heavy (non-hydrogen) atoms. The van der Waals surface area contributed by atoms with Crippen molar-refractivity contribution in [3.05, 3.63) is 0 Å². The Labute approximate surface area is 134 Å². The molecule has 0 spiro atoms. The standard InChI is InChI=1S/C13H29N3S.HI/c1-7-14-12(15-9-8-11(2)3)16-10-13(4,5)17-6;/h11H,7-10H2,1-6H3,(H2,14,15,16);1H. The van der Waals surface area contributed by atoms with Gasteiger partial charge < -0.3 is 10.6 Å². The zero-order valence-electron chi connectivity index (χ0n) is 12.7. The molecule has 0 radical (unpaired) electrons. The van der Waals surface area contributed by atoms with E-state index in [2.05, 4.69) is 56.5 Å². The molecular formula is C13H30IN3S. The highest BCUT2D eigenvalue weighted by molar-refractivity contribution is 14.0. The van der Waals surface area contributed by atoms with Gasteiger partial charge in [-0.1, -0.05) is 13.8 Å². The average molecular weight is 387 g/mol. The fourth-order valence-corrected chi connectivity index (χ4v) is 1.35. The highest BCUT2D eigenvalue weighted by atomic mass is 127. The molecule has 0 rings (SSSR count). The Morgan fingerprint density at radius 1 is 1.28 bits per heavy atom. The van der Waals surface area contributed by atoms with Gasteiger partial charge in [-0.05, 0) is 39.4 Å². The van der Waals surface area contributed by atoms with Crippen LogP contribution in [0.2, 0.25) is 0 Å². The van der Waals surface area contributed by atoms with Gasteiger partial charge in [0.15, 0.2) is 5.96 Å². The van der Waals surface area contributed by atoms with E-state index in [1.807, 2.05) is 11.8 Å². The molecule has 2 N–H and O–H groups in total. The summed E-state index contributed by atoms with van der Waals surface area (Å²) in [5.74, 6) is 1.67. The molecule has 3 nitrogen and oxygen atoms in total. The molecule has 110 valence electrons. The number of rotatable bonds is 7. The number of thioether (sulfide) groups is 1. The number of halogens is 1. The number of nitrogens with zero attached hydrogens (tertiary/aromatic N) is 1. The zero-order valence-corrected chi connectivity index (χ0v) is 15.8. The molecule has 0 saturated heterocycles. The SMILES string of the molecule is CCNC(=NCC(C)(C)SC)NCCC(C)C.I. The van der Waals surface area contributed by atoms with Crippen molar-refractivity contribution in [2.24, 2.45) is 10.9 Å². The van der Waals surface area contributed by atoms with Crippen LogP contribution in [0.25, 0.3) is 0 Å². The van der Waals surface area contributed by atoms with E-state index in [4.69, 9.17) is 0 Å². The van der Waals surface area contributed by atoms with Gasteiger partial charge in [0, 0.05) is 17.8 Å². The van der Waals surface area contributed by atoms with Crippen LogP contribution in [0, 0.1) is 5.92 Å². The molecule has 0 fully saturated rings. The van der Waals surface area contributed by atoms with E-state index < -0.39 is 0 Å². The second kappa shape index (κ2) is 11.2. The summed E-state index contributed by atoms with van der Waals surface area (Å²) in [5, 5.41) is 6.66. The van der Waals surface area contributed by atoms with Crippen LogP contribution >= 0.6 is 35.7 Å². The summed E-state index contributed by atoms with van der Waals surface area (Å²) in [6.45, 7) is 13.8. The lowest BCUT2D eigenvalue weighted by Gasteiger charge is -2.20. The minimum absolute atomic E-state index is 0. The molecule has 0 amide bonds. The van der Waals surface area contributed by atoms with Crippen LogP contribution in [0.15, 0.2) is 4.99 Å². The largest absolute Gasteiger partial charge is 0.357 e. The first-order valence-corrected chi connectivity index (χ1v) is 7.71. The predicted molar refractivity (Wildman–Crippen MR) is 96.4 cm³/mol. The monoisotopic (exact) mass is 387 g/mol. The first-order valence-electron chi connectivity index (χ1n) is 6.48. The molecular weight excluding hydrogens is 357 g/mol. The summed E-state index contributed by atoms with van der Waals surface area (Å²) in [7, 11) is 0. The minimum Gasteiger partial charge on any atom is -0.357 e. The second-order valence-corrected chi connectivity index (χ2v) is 6.78. The smallest absolute Gasteiger partial charge is 0.191 e. The van der Waals surface area contributed by atoms with Crippen molar-refractivity contribution in [3.63, 3.8) is 0 Å². The molecule has 0 aliphatic heterocycles. The van der Waals surface area contributed by atoms with E-state index in [1.165, 1.54) is 6.42 Å². The molecule has 0 aliphatic rings. The van der Waals surface area contributed by atoms with E-state index in [0.717, 1.165) is 31.5 Å². The van der Waals surface area contributed by atoms with Crippen molar-refractivity contribution in [1.82, 2.24) is 10.6 Å². The van der Waals surface area contributed by atoms with Gasteiger partial charge in [-0.3, -0.25) is 4.99 Å². The van der Waals surface area contributed by atoms with Crippen molar-refractivity contribution in [2.45, 2.75) is 45.8 Å². The topological polar surface area (TPSA) is 36.4 Å². The average Bonchev–Trinajstić information content (AvgIpc) is 2.25. The summed E-state index contributed by atoms with van der Waals surface area (Å²) in [6, 6.07) is 0. The van der Waals surface area contributed by atoms with Gasteiger partial charge in [-0.25, -0.2) is 0 Å². The summed E-state index contributed by atoms with van der Waals surface area (Å²) in [4.78, 5) is 4.63. The molecule has 5 heteroatoms. The third-order valence-electron chi connectivity index (χ3n) is 2.53. The van der Waals surface area contributed by atoms with Gasteiger partial charge in [-0.2, -0.15) is 11.8 Å². The van der Waals surface area contributed by atoms with Crippen LogP contribution in [0.3, 0.4) is 0 Å². The lowest BCUT2D eigenvalue weighted by atomic mass is 10.1.